The van der Waals surface area contributed by atoms with E-state index in [1.807, 2.05) is 0 Å². The van der Waals surface area contributed by atoms with Crippen molar-refractivity contribution < 1.29 is 4.79 Å². The van der Waals surface area contributed by atoms with Crippen LogP contribution in [0.25, 0.3) is 0 Å². The maximum Gasteiger partial charge on any atom is 0.267 e. The average molecular weight is 267 g/mol. The highest BCUT2D eigenvalue weighted by Crippen LogP contribution is 2.22. The summed E-state index contributed by atoms with van der Waals surface area (Å²) >= 11 is 8.89. The number of H-pyrrole nitrogens is 1. The van der Waals surface area contributed by atoms with E-state index in [1.165, 1.54) is 0 Å². The highest BCUT2D eigenvalue weighted by Gasteiger charge is 2.09. The van der Waals surface area contributed by atoms with Crippen molar-refractivity contribution in [2.75, 3.05) is 13.1 Å². The van der Waals surface area contributed by atoms with Crippen LogP contribution in [0.2, 0.25) is 5.15 Å². The third-order valence-corrected chi connectivity index (χ3v) is 2.55. The molecule has 0 saturated carbocycles. The van der Waals surface area contributed by atoms with Crippen LogP contribution in [0.1, 0.15) is 10.5 Å². The fourth-order valence-corrected chi connectivity index (χ4v) is 1.29. The number of aromatic nitrogens is 1. The molecular weight excluding hydrogens is 257 g/mol. The van der Waals surface area contributed by atoms with Gasteiger partial charge in [-0.15, -0.1) is 0 Å². The van der Waals surface area contributed by atoms with Crippen LogP contribution in [0.15, 0.2) is 10.5 Å². The smallest absolute Gasteiger partial charge is 0.267 e. The first-order chi connectivity index (χ1) is 6.15. The summed E-state index contributed by atoms with van der Waals surface area (Å²) in [7, 11) is 0. The number of rotatable bonds is 3. The number of carbonyl (C=O) groups is 1. The lowest BCUT2D eigenvalue weighted by atomic mass is 10.4. The number of halogens is 2. The van der Waals surface area contributed by atoms with Crippen molar-refractivity contribution >= 4 is 33.4 Å². The summed E-state index contributed by atoms with van der Waals surface area (Å²) in [5.41, 5.74) is 5.65. The van der Waals surface area contributed by atoms with Crippen LogP contribution in [0.4, 0.5) is 0 Å². The normalized spacial score (nSPS) is 10.1. The zero-order valence-corrected chi connectivity index (χ0v) is 9.08. The SMILES string of the molecule is NCCNC(=O)c1cc(Br)c(Cl)[nH]1. The summed E-state index contributed by atoms with van der Waals surface area (Å²) < 4.78 is 0.673. The molecule has 1 aromatic heterocycles. The second-order valence-electron chi connectivity index (χ2n) is 2.39. The summed E-state index contributed by atoms with van der Waals surface area (Å²) in [5, 5.41) is 3.03. The van der Waals surface area contributed by atoms with Gasteiger partial charge in [-0.05, 0) is 22.0 Å². The minimum Gasteiger partial charge on any atom is -0.350 e. The van der Waals surface area contributed by atoms with Crippen molar-refractivity contribution in [1.29, 1.82) is 0 Å². The monoisotopic (exact) mass is 265 g/mol. The molecule has 0 atom stereocenters. The molecule has 0 aliphatic heterocycles. The van der Waals surface area contributed by atoms with Gasteiger partial charge in [0.25, 0.3) is 5.91 Å². The molecule has 13 heavy (non-hydrogen) atoms. The standard InChI is InChI=1S/C7H9BrClN3O/c8-4-3-5(12-6(4)9)7(13)11-2-1-10/h3,12H,1-2,10H2,(H,11,13). The molecule has 0 aromatic carbocycles. The predicted molar refractivity (Wildman–Crippen MR) is 54.9 cm³/mol. The van der Waals surface area contributed by atoms with Gasteiger partial charge in [-0.1, -0.05) is 11.6 Å². The van der Waals surface area contributed by atoms with E-state index in [0.717, 1.165) is 0 Å². The number of carbonyl (C=O) groups excluding carboxylic acids is 1. The first kappa shape index (κ1) is 10.6. The molecule has 72 valence electrons. The van der Waals surface area contributed by atoms with Gasteiger partial charge in [0.15, 0.2) is 0 Å². The number of aromatic amines is 1. The Morgan fingerprint density at radius 1 is 1.77 bits per heavy atom. The van der Waals surface area contributed by atoms with Crippen LogP contribution in [-0.4, -0.2) is 24.0 Å². The fraction of sp³-hybridized carbons (Fsp3) is 0.286. The van der Waals surface area contributed by atoms with E-state index in [1.54, 1.807) is 6.07 Å². The summed E-state index contributed by atoms with van der Waals surface area (Å²) in [5.74, 6) is -0.210. The second-order valence-corrected chi connectivity index (χ2v) is 3.62. The number of nitrogens with two attached hydrogens (primary N) is 1. The van der Waals surface area contributed by atoms with Gasteiger partial charge in [0.05, 0.1) is 4.47 Å². The van der Waals surface area contributed by atoms with Gasteiger partial charge in [-0.3, -0.25) is 4.79 Å². The number of nitrogens with one attached hydrogen (secondary N) is 2. The molecular formula is C7H9BrClN3O. The molecule has 4 nitrogen and oxygen atoms in total. The molecule has 4 N–H and O–H groups in total. The zero-order chi connectivity index (χ0) is 9.84. The van der Waals surface area contributed by atoms with Gasteiger partial charge >= 0.3 is 0 Å². The van der Waals surface area contributed by atoms with E-state index in [0.29, 0.717) is 28.4 Å². The Kier molecular flexibility index (Phi) is 3.77. The maximum atomic E-state index is 11.3. The van der Waals surface area contributed by atoms with Gasteiger partial charge < -0.3 is 16.0 Å². The minimum absolute atomic E-state index is 0.210. The van der Waals surface area contributed by atoms with Gasteiger partial charge in [0.2, 0.25) is 0 Å². The summed E-state index contributed by atoms with van der Waals surface area (Å²) in [4.78, 5) is 14.0. The Bertz CT molecular complexity index is 293. The lowest BCUT2D eigenvalue weighted by Gasteiger charge is -1.99. The molecule has 1 rings (SSSR count). The highest BCUT2D eigenvalue weighted by molar-refractivity contribution is 9.10. The molecule has 0 bridgehead atoms. The molecule has 0 aliphatic rings. The van der Waals surface area contributed by atoms with Crippen molar-refractivity contribution in [3.05, 3.63) is 21.4 Å². The molecule has 1 aromatic rings. The summed E-state index contributed by atoms with van der Waals surface area (Å²) in [6.45, 7) is 0.869. The van der Waals surface area contributed by atoms with E-state index in [-0.39, 0.29) is 5.91 Å². The molecule has 0 radical (unpaired) electrons. The van der Waals surface area contributed by atoms with E-state index in [2.05, 4.69) is 26.2 Å². The highest BCUT2D eigenvalue weighted by atomic mass is 79.9. The van der Waals surface area contributed by atoms with Gasteiger partial charge in [0.1, 0.15) is 10.8 Å². The Labute approximate surface area is 89.0 Å². The lowest BCUT2D eigenvalue weighted by molar-refractivity contribution is 0.0950. The molecule has 0 fully saturated rings. The van der Waals surface area contributed by atoms with Crippen LogP contribution in [0.5, 0.6) is 0 Å². The molecule has 6 heteroatoms. The van der Waals surface area contributed by atoms with Crippen LogP contribution in [0, 0.1) is 0 Å². The summed E-state index contributed by atoms with van der Waals surface area (Å²) in [6.07, 6.45) is 0. The predicted octanol–water partition coefficient (Wildman–Crippen LogP) is 1.12. The second kappa shape index (κ2) is 4.64. The molecule has 0 aliphatic carbocycles. The third-order valence-electron chi connectivity index (χ3n) is 1.40. The van der Waals surface area contributed by atoms with Crippen molar-refractivity contribution in [3.63, 3.8) is 0 Å². The summed E-state index contributed by atoms with van der Waals surface area (Å²) in [6, 6.07) is 1.62. The quantitative estimate of drug-likeness (QED) is 0.767. The first-order valence-corrected chi connectivity index (χ1v) is 4.84. The zero-order valence-electron chi connectivity index (χ0n) is 6.73. The average Bonchev–Trinajstić information content (AvgIpc) is 2.43. The molecule has 0 saturated heterocycles. The third kappa shape index (κ3) is 2.72. The van der Waals surface area contributed by atoms with Crippen LogP contribution >= 0.6 is 27.5 Å². The van der Waals surface area contributed by atoms with Crippen LogP contribution in [-0.2, 0) is 0 Å². The van der Waals surface area contributed by atoms with Gasteiger partial charge in [-0.2, -0.15) is 0 Å². The van der Waals surface area contributed by atoms with Crippen molar-refractivity contribution in [3.8, 4) is 0 Å². The Balaban J connectivity index is 2.66. The maximum absolute atomic E-state index is 11.3. The van der Waals surface area contributed by atoms with E-state index in [9.17, 15) is 4.79 Å². The van der Waals surface area contributed by atoms with E-state index < -0.39 is 0 Å². The Hall–Kier alpha value is -0.520. The number of hydrogen-bond donors (Lipinski definition) is 3. The largest absolute Gasteiger partial charge is 0.350 e. The van der Waals surface area contributed by atoms with Crippen molar-refractivity contribution in [2.24, 2.45) is 5.73 Å². The molecule has 0 unspecified atom stereocenters. The van der Waals surface area contributed by atoms with E-state index >= 15 is 0 Å². The first-order valence-electron chi connectivity index (χ1n) is 3.67. The van der Waals surface area contributed by atoms with E-state index in [4.69, 9.17) is 17.3 Å². The fourth-order valence-electron chi connectivity index (χ4n) is 0.807. The van der Waals surface area contributed by atoms with Crippen LogP contribution < -0.4 is 11.1 Å². The Morgan fingerprint density at radius 2 is 2.46 bits per heavy atom. The molecule has 0 spiro atoms. The molecule has 1 amide bonds. The number of amides is 1. The van der Waals surface area contributed by atoms with Crippen molar-refractivity contribution in [1.82, 2.24) is 10.3 Å². The van der Waals surface area contributed by atoms with Gasteiger partial charge in [-0.25, -0.2) is 0 Å². The molecule has 1 heterocycles. The minimum atomic E-state index is -0.210. The topological polar surface area (TPSA) is 70.9 Å². The number of hydrogen-bond acceptors (Lipinski definition) is 2. The van der Waals surface area contributed by atoms with Crippen LogP contribution in [0.3, 0.4) is 0 Å². The Morgan fingerprint density at radius 3 is 2.92 bits per heavy atom. The lowest BCUT2D eigenvalue weighted by Crippen LogP contribution is -2.29. The van der Waals surface area contributed by atoms with Gasteiger partial charge in [0, 0.05) is 13.1 Å². The van der Waals surface area contributed by atoms with Crippen molar-refractivity contribution in [2.45, 2.75) is 0 Å².